The van der Waals surface area contributed by atoms with Gasteiger partial charge in [-0.15, -0.1) is 11.3 Å². The number of hydrogen-bond donors (Lipinski definition) is 2. The van der Waals surface area contributed by atoms with Gasteiger partial charge in [0.2, 0.25) is 0 Å². The van der Waals surface area contributed by atoms with Crippen LogP contribution in [0, 0.1) is 0 Å². The molecule has 0 aliphatic heterocycles. The van der Waals surface area contributed by atoms with Gasteiger partial charge in [0, 0.05) is 28.4 Å². The number of aromatic amines is 2. The van der Waals surface area contributed by atoms with Crippen LogP contribution in [0.15, 0.2) is 110 Å². The summed E-state index contributed by atoms with van der Waals surface area (Å²) in [5.41, 5.74) is 0.0117. The van der Waals surface area contributed by atoms with E-state index in [-0.39, 0.29) is 24.2 Å². The van der Waals surface area contributed by atoms with Gasteiger partial charge in [-0.05, 0) is 22.6 Å². The summed E-state index contributed by atoms with van der Waals surface area (Å²) in [4.78, 5) is 56.9. The molecule has 0 fully saturated rings. The highest BCUT2D eigenvalue weighted by atomic mass is 32.1. The first-order valence-corrected chi connectivity index (χ1v) is 12.2. The Labute approximate surface area is 208 Å². The number of nitrogens with one attached hydrogen (secondary N) is 2. The van der Waals surface area contributed by atoms with Crippen molar-refractivity contribution >= 4 is 11.3 Å². The molecule has 0 unspecified atom stereocenters. The maximum atomic E-state index is 13.1. The number of thiophene rings is 1. The zero-order valence-corrected chi connectivity index (χ0v) is 19.9. The van der Waals surface area contributed by atoms with E-state index >= 15 is 0 Å². The van der Waals surface area contributed by atoms with Crippen molar-refractivity contribution in [2.24, 2.45) is 0 Å². The largest absolute Gasteiger partial charge is 0.328 e. The Morgan fingerprint density at radius 3 is 1.53 bits per heavy atom. The lowest BCUT2D eigenvalue weighted by atomic mass is 9.93. The van der Waals surface area contributed by atoms with Crippen LogP contribution in [0.5, 0.6) is 0 Å². The van der Waals surface area contributed by atoms with Crippen molar-refractivity contribution < 1.29 is 0 Å². The van der Waals surface area contributed by atoms with Gasteiger partial charge in [-0.25, -0.2) is 9.59 Å². The molecule has 0 atom stereocenters. The average Bonchev–Trinajstić information content (AvgIpc) is 3.40. The molecule has 0 spiro atoms. The van der Waals surface area contributed by atoms with Crippen LogP contribution in [0.25, 0.3) is 0 Å². The monoisotopic (exact) mass is 498 g/mol. The lowest BCUT2D eigenvalue weighted by Crippen LogP contribution is -2.36. The lowest BCUT2D eigenvalue weighted by Gasteiger charge is -2.18. The number of hydrogen-bond acceptors (Lipinski definition) is 5. The first-order valence-electron chi connectivity index (χ1n) is 11.3. The Morgan fingerprint density at radius 2 is 1.11 bits per heavy atom. The van der Waals surface area contributed by atoms with E-state index in [1.54, 1.807) is 0 Å². The third kappa shape index (κ3) is 4.82. The lowest BCUT2D eigenvalue weighted by molar-refractivity contribution is 0.685. The normalized spacial score (nSPS) is 11.1. The molecule has 0 aliphatic carbocycles. The molecule has 3 heterocycles. The number of H-pyrrole nitrogens is 2. The minimum absolute atomic E-state index is 0.239. The summed E-state index contributed by atoms with van der Waals surface area (Å²) in [6.45, 7) is 0.509. The van der Waals surface area contributed by atoms with Crippen LogP contribution in [0.4, 0.5) is 0 Å². The molecule has 9 heteroatoms. The third-order valence-electron chi connectivity index (χ3n) is 5.92. The smallest absolute Gasteiger partial charge is 0.296 e. The first kappa shape index (κ1) is 23.3. The molecule has 0 amide bonds. The summed E-state index contributed by atoms with van der Waals surface area (Å²) in [5.74, 6) is -0.775. The summed E-state index contributed by atoms with van der Waals surface area (Å²) in [6, 6.07) is 22.5. The Kier molecular flexibility index (Phi) is 6.46. The molecular weight excluding hydrogens is 476 g/mol. The summed E-state index contributed by atoms with van der Waals surface area (Å²) < 4.78 is 2.84. The number of nitrogens with zero attached hydrogens (tertiary/aromatic N) is 2. The Morgan fingerprint density at radius 1 is 0.639 bits per heavy atom. The molecule has 2 N–H and O–H groups in total. The van der Waals surface area contributed by atoms with Gasteiger partial charge in [-0.3, -0.25) is 28.7 Å². The second kappa shape index (κ2) is 10.0. The van der Waals surface area contributed by atoms with Crippen LogP contribution in [-0.2, 0) is 13.1 Å². The molecule has 0 saturated carbocycles. The molecule has 0 radical (unpaired) electrons. The van der Waals surface area contributed by atoms with Crippen LogP contribution in [0.3, 0.4) is 0 Å². The molecule has 5 aromatic rings. The predicted octanol–water partition coefficient (Wildman–Crippen LogP) is 2.72. The van der Waals surface area contributed by atoms with Crippen LogP contribution < -0.4 is 22.5 Å². The molecule has 36 heavy (non-hydrogen) atoms. The van der Waals surface area contributed by atoms with E-state index in [1.165, 1.54) is 32.9 Å². The van der Waals surface area contributed by atoms with Crippen molar-refractivity contribution in [2.75, 3.05) is 0 Å². The summed E-state index contributed by atoms with van der Waals surface area (Å²) >= 11 is 1.39. The van der Waals surface area contributed by atoms with Crippen molar-refractivity contribution in [3.63, 3.8) is 0 Å². The Balaban J connectivity index is 1.66. The number of benzene rings is 2. The standard InChI is InChI=1S/C27H22N4O4S/c32-24-20(16-30(26(34)28-24)14-18-8-3-1-4-9-18)23(22-12-7-13-36-22)21-17-31(27(35)29-25(21)33)15-19-10-5-2-6-11-19/h1-13,16-17,23H,14-15H2,(H,28,32,34)(H,29,33,35). The molecule has 5 rings (SSSR count). The molecule has 0 saturated heterocycles. The highest BCUT2D eigenvalue weighted by Gasteiger charge is 2.26. The topological polar surface area (TPSA) is 110 Å². The molecule has 0 aliphatic rings. The van der Waals surface area contributed by atoms with Gasteiger partial charge in [-0.1, -0.05) is 66.7 Å². The first-order chi connectivity index (χ1) is 17.5. The van der Waals surface area contributed by atoms with Crippen molar-refractivity contribution in [1.29, 1.82) is 0 Å². The number of rotatable bonds is 7. The summed E-state index contributed by atoms with van der Waals surface area (Å²) in [5, 5.41) is 1.85. The van der Waals surface area contributed by atoms with Gasteiger partial charge in [-0.2, -0.15) is 0 Å². The highest BCUT2D eigenvalue weighted by molar-refractivity contribution is 7.10. The van der Waals surface area contributed by atoms with Crippen LogP contribution in [0.2, 0.25) is 0 Å². The molecule has 180 valence electrons. The van der Waals surface area contributed by atoms with E-state index in [4.69, 9.17) is 0 Å². The zero-order chi connectivity index (χ0) is 25.1. The van der Waals surface area contributed by atoms with Gasteiger partial charge < -0.3 is 0 Å². The molecule has 2 aromatic carbocycles. The summed E-state index contributed by atoms with van der Waals surface area (Å²) in [6.07, 6.45) is 3.01. The van der Waals surface area contributed by atoms with Crippen molar-refractivity contribution in [3.8, 4) is 0 Å². The molecular formula is C27H22N4O4S. The van der Waals surface area contributed by atoms with Gasteiger partial charge in [0.1, 0.15) is 0 Å². The van der Waals surface area contributed by atoms with Gasteiger partial charge in [0.05, 0.1) is 19.0 Å². The van der Waals surface area contributed by atoms with E-state index < -0.39 is 28.4 Å². The molecule has 0 bridgehead atoms. The Bertz CT molecular complexity index is 1600. The van der Waals surface area contributed by atoms with E-state index in [0.717, 1.165) is 16.0 Å². The third-order valence-corrected chi connectivity index (χ3v) is 6.86. The van der Waals surface area contributed by atoms with Crippen molar-refractivity contribution in [3.05, 3.63) is 159 Å². The van der Waals surface area contributed by atoms with Crippen LogP contribution >= 0.6 is 11.3 Å². The maximum absolute atomic E-state index is 13.1. The van der Waals surface area contributed by atoms with E-state index in [9.17, 15) is 19.2 Å². The minimum atomic E-state index is -0.775. The van der Waals surface area contributed by atoms with Gasteiger partial charge in [0.25, 0.3) is 11.1 Å². The van der Waals surface area contributed by atoms with E-state index in [1.807, 2.05) is 78.2 Å². The Hall–Kier alpha value is -4.50. The van der Waals surface area contributed by atoms with Gasteiger partial charge >= 0.3 is 11.4 Å². The van der Waals surface area contributed by atoms with E-state index in [0.29, 0.717) is 0 Å². The molecule has 3 aromatic heterocycles. The quantitative estimate of drug-likeness (QED) is 0.360. The van der Waals surface area contributed by atoms with Crippen molar-refractivity contribution in [2.45, 2.75) is 19.0 Å². The van der Waals surface area contributed by atoms with E-state index in [2.05, 4.69) is 9.97 Å². The fraction of sp³-hybridized carbons (Fsp3) is 0.111. The summed E-state index contributed by atoms with van der Waals surface area (Å²) in [7, 11) is 0. The second-order valence-electron chi connectivity index (χ2n) is 8.36. The zero-order valence-electron chi connectivity index (χ0n) is 19.1. The highest BCUT2D eigenvalue weighted by Crippen LogP contribution is 2.30. The number of aromatic nitrogens is 4. The molecule has 8 nitrogen and oxygen atoms in total. The maximum Gasteiger partial charge on any atom is 0.328 e. The van der Waals surface area contributed by atoms with Crippen LogP contribution in [-0.4, -0.2) is 19.1 Å². The fourth-order valence-electron chi connectivity index (χ4n) is 4.19. The SMILES string of the molecule is O=c1[nH]c(=O)n(Cc2ccccc2)cc1C(c1cccs1)c1cn(Cc2ccccc2)c(=O)[nH]c1=O. The average molecular weight is 499 g/mol. The van der Waals surface area contributed by atoms with Crippen LogP contribution in [0.1, 0.15) is 33.0 Å². The minimum Gasteiger partial charge on any atom is -0.296 e. The fourth-order valence-corrected chi connectivity index (χ4v) is 5.05. The predicted molar refractivity (Wildman–Crippen MR) is 139 cm³/mol. The van der Waals surface area contributed by atoms with Gasteiger partial charge in [0.15, 0.2) is 0 Å². The van der Waals surface area contributed by atoms with Crippen molar-refractivity contribution in [1.82, 2.24) is 19.1 Å². The second-order valence-corrected chi connectivity index (χ2v) is 9.34.